The highest BCUT2D eigenvalue weighted by atomic mass is 35.5. The van der Waals surface area contributed by atoms with Crippen LogP contribution in [0.4, 0.5) is 0 Å². The fourth-order valence-electron chi connectivity index (χ4n) is 3.17. The molecule has 1 atom stereocenters. The molecule has 1 aromatic heterocycles. The molecule has 2 heterocycles. The SMILES string of the molecule is Cc1[nH]nc(CN(C)CC2Cc3ccccc3CN2C)c1Cl. The van der Waals surface area contributed by atoms with Gasteiger partial charge in [0.1, 0.15) is 0 Å². The number of halogens is 1. The lowest BCUT2D eigenvalue weighted by molar-refractivity contribution is 0.158. The Hall–Kier alpha value is -1.36. The summed E-state index contributed by atoms with van der Waals surface area (Å²) in [4.78, 5) is 4.74. The second-order valence-electron chi connectivity index (χ2n) is 6.35. The quantitative estimate of drug-likeness (QED) is 0.941. The fourth-order valence-corrected chi connectivity index (χ4v) is 3.32. The fraction of sp³-hybridized carbons (Fsp3) is 0.471. The number of aromatic nitrogens is 2. The van der Waals surface area contributed by atoms with Gasteiger partial charge in [-0.3, -0.25) is 14.9 Å². The molecule has 1 unspecified atom stereocenters. The van der Waals surface area contributed by atoms with Crippen molar-refractivity contribution in [3.8, 4) is 0 Å². The Morgan fingerprint density at radius 1 is 1.36 bits per heavy atom. The Kier molecular flexibility index (Phi) is 4.52. The van der Waals surface area contributed by atoms with Crippen molar-refractivity contribution in [1.82, 2.24) is 20.0 Å². The predicted octanol–water partition coefficient (Wildman–Crippen LogP) is 2.86. The molecular formula is C17H23ClN4. The van der Waals surface area contributed by atoms with Crippen LogP contribution in [0.15, 0.2) is 24.3 Å². The maximum Gasteiger partial charge on any atom is 0.0951 e. The Morgan fingerprint density at radius 3 is 2.77 bits per heavy atom. The Morgan fingerprint density at radius 2 is 2.09 bits per heavy atom. The van der Waals surface area contributed by atoms with Gasteiger partial charge in [-0.1, -0.05) is 35.9 Å². The summed E-state index contributed by atoms with van der Waals surface area (Å²) in [6.45, 7) is 4.75. The van der Waals surface area contributed by atoms with Crippen LogP contribution in [-0.4, -0.2) is 46.7 Å². The first-order valence-corrected chi connectivity index (χ1v) is 8.07. The number of fused-ring (bicyclic) bond motifs is 1. The lowest BCUT2D eigenvalue weighted by Gasteiger charge is -2.36. The summed E-state index contributed by atoms with van der Waals surface area (Å²) in [6.07, 6.45) is 1.10. The van der Waals surface area contributed by atoms with Gasteiger partial charge in [0.05, 0.1) is 16.4 Å². The zero-order valence-electron chi connectivity index (χ0n) is 13.4. The summed E-state index contributed by atoms with van der Waals surface area (Å²) in [5.74, 6) is 0. The van der Waals surface area contributed by atoms with Crippen LogP contribution in [0, 0.1) is 6.92 Å². The summed E-state index contributed by atoms with van der Waals surface area (Å²) >= 11 is 6.26. The van der Waals surface area contributed by atoms with E-state index in [4.69, 9.17) is 11.6 Å². The molecule has 0 saturated carbocycles. The van der Waals surface area contributed by atoms with Gasteiger partial charge >= 0.3 is 0 Å². The van der Waals surface area contributed by atoms with Crippen LogP contribution in [0.25, 0.3) is 0 Å². The molecule has 5 heteroatoms. The third-order valence-electron chi connectivity index (χ3n) is 4.50. The molecule has 1 N–H and O–H groups in total. The number of H-pyrrole nitrogens is 1. The maximum absolute atomic E-state index is 6.26. The molecular weight excluding hydrogens is 296 g/mol. The average Bonchev–Trinajstić information content (AvgIpc) is 2.80. The normalized spacial score (nSPS) is 18.7. The van der Waals surface area contributed by atoms with Crippen molar-refractivity contribution in [2.45, 2.75) is 32.5 Å². The summed E-state index contributed by atoms with van der Waals surface area (Å²) in [7, 11) is 4.34. The molecule has 2 aromatic rings. The van der Waals surface area contributed by atoms with Crippen molar-refractivity contribution in [2.75, 3.05) is 20.6 Å². The molecule has 0 bridgehead atoms. The van der Waals surface area contributed by atoms with Crippen molar-refractivity contribution >= 4 is 11.6 Å². The highest BCUT2D eigenvalue weighted by molar-refractivity contribution is 6.31. The molecule has 0 saturated heterocycles. The van der Waals surface area contributed by atoms with E-state index in [0.29, 0.717) is 6.04 Å². The van der Waals surface area contributed by atoms with Gasteiger partial charge in [-0.05, 0) is 38.6 Å². The second-order valence-corrected chi connectivity index (χ2v) is 6.73. The van der Waals surface area contributed by atoms with Gasteiger partial charge in [-0.2, -0.15) is 5.10 Å². The summed E-state index contributed by atoms with van der Waals surface area (Å²) in [5, 5.41) is 8.00. The van der Waals surface area contributed by atoms with E-state index < -0.39 is 0 Å². The third-order valence-corrected chi connectivity index (χ3v) is 5.00. The predicted molar refractivity (Wildman–Crippen MR) is 90.1 cm³/mol. The first-order chi connectivity index (χ1) is 10.5. The number of aromatic amines is 1. The zero-order chi connectivity index (χ0) is 15.7. The van der Waals surface area contributed by atoms with Crippen LogP contribution >= 0.6 is 11.6 Å². The van der Waals surface area contributed by atoms with E-state index in [0.717, 1.165) is 42.5 Å². The van der Waals surface area contributed by atoms with Crippen LogP contribution in [0.2, 0.25) is 5.02 Å². The molecule has 0 fully saturated rings. The minimum Gasteiger partial charge on any atom is -0.299 e. The van der Waals surface area contributed by atoms with E-state index in [1.54, 1.807) is 0 Å². The van der Waals surface area contributed by atoms with Gasteiger partial charge in [-0.25, -0.2) is 0 Å². The minimum atomic E-state index is 0.527. The summed E-state index contributed by atoms with van der Waals surface area (Å²) in [5.41, 5.74) is 4.80. The van der Waals surface area contributed by atoms with Crippen molar-refractivity contribution in [2.24, 2.45) is 0 Å². The molecule has 0 aliphatic carbocycles. The summed E-state index contributed by atoms with van der Waals surface area (Å²) < 4.78 is 0. The lowest BCUT2D eigenvalue weighted by Crippen LogP contribution is -2.44. The number of aryl methyl sites for hydroxylation is 1. The molecule has 0 radical (unpaired) electrons. The monoisotopic (exact) mass is 318 g/mol. The number of benzene rings is 1. The van der Waals surface area contributed by atoms with Crippen LogP contribution in [0.5, 0.6) is 0 Å². The van der Waals surface area contributed by atoms with Crippen LogP contribution in [0.3, 0.4) is 0 Å². The second kappa shape index (κ2) is 6.41. The molecule has 1 aromatic carbocycles. The van der Waals surface area contributed by atoms with Crippen molar-refractivity contribution in [3.05, 3.63) is 51.8 Å². The van der Waals surface area contributed by atoms with E-state index in [-0.39, 0.29) is 0 Å². The number of rotatable bonds is 4. The van der Waals surface area contributed by atoms with Crippen LogP contribution < -0.4 is 0 Å². The minimum absolute atomic E-state index is 0.527. The number of nitrogens with zero attached hydrogens (tertiary/aromatic N) is 3. The zero-order valence-corrected chi connectivity index (χ0v) is 14.2. The number of hydrogen-bond donors (Lipinski definition) is 1. The van der Waals surface area contributed by atoms with E-state index in [1.807, 2.05) is 6.92 Å². The Labute approximate surface area is 137 Å². The van der Waals surface area contributed by atoms with E-state index in [9.17, 15) is 0 Å². The topological polar surface area (TPSA) is 35.2 Å². The number of nitrogens with one attached hydrogen (secondary N) is 1. The number of likely N-dealkylation sites (N-methyl/N-ethyl adjacent to an activating group) is 2. The molecule has 22 heavy (non-hydrogen) atoms. The van der Waals surface area contributed by atoms with E-state index >= 15 is 0 Å². The summed E-state index contributed by atoms with van der Waals surface area (Å²) in [6, 6.07) is 9.28. The lowest BCUT2D eigenvalue weighted by atomic mass is 9.94. The highest BCUT2D eigenvalue weighted by Gasteiger charge is 2.24. The van der Waals surface area contributed by atoms with E-state index in [2.05, 4.69) is 58.4 Å². The Bertz CT molecular complexity index is 652. The van der Waals surface area contributed by atoms with Gasteiger partial charge < -0.3 is 0 Å². The van der Waals surface area contributed by atoms with Gasteiger partial charge in [0, 0.05) is 25.7 Å². The van der Waals surface area contributed by atoms with Gasteiger partial charge in [-0.15, -0.1) is 0 Å². The van der Waals surface area contributed by atoms with Crippen molar-refractivity contribution in [1.29, 1.82) is 0 Å². The number of hydrogen-bond acceptors (Lipinski definition) is 3. The van der Waals surface area contributed by atoms with Gasteiger partial charge in [0.2, 0.25) is 0 Å². The molecule has 0 amide bonds. The molecule has 1 aliphatic rings. The average molecular weight is 319 g/mol. The van der Waals surface area contributed by atoms with Gasteiger partial charge in [0.15, 0.2) is 0 Å². The first-order valence-electron chi connectivity index (χ1n) is 7.69. The molecule has 1 aliphatic heterocycles. The van der Waals surface area contributed by atoms with Crippen molar-refractivity contribution < 1.29 is 0 Å². The van der Waals surface area contributed by atoms with Crippen LogP contribution in [-0.2, 0) is 19.5 Å². The molecule has 3 rings (SSSR count). The van der Waals surface area contributed by atoms with Crippen LogP contribution in [0.1, 0.15) is 22.5 Å². The molecule has 4 nitrogen and oxygen atoms in total. The Balaban J connectivity index is 1.64. The highest BCUT2D eigenvalue weighted by Crippen LogP contribution is 2.23. The first kappa shape index (κ1) is 15.5. The van der Waals surface area contributed by atoms with Crippen molar-refractivity contribution in [3.63, 3.8) is 0 Å². The third kappa shape index (κ3) is 3.19. The molecule has 0 spiro atoms. The maximum atomic E-state index is 6.26. The standard InChI is InChI=1S/C17H23ClN4/c1-12-17(18)16(20-19-12)11-21(2)10-15-8-13-6-4-5-7-14(13)9-22(15)3/h4-7,15H,8-11H2,1-3H3,(H,19,20). The van der Waals surface area contributed by atoms with E-state index in [1.165, 1.54) is 11.1 Å². The van der Waals surface area contributed by atoms with Gasteiger partial charge in [0.25, 0.3) is 0 Å². The largest absolute Gasteiger partial charge is 0.299 e. The molecule has 118 valence electrons. The smallest absolute Gasteiger partial charge is 0.0951 e.